The Hall–Kier alpha value is -1.16. The van der Waals surface area contributed by atoms with Crippen LogP contribution in [0.1, 0.15) is 41.5 Å². The maximum atomic E-state index is 10.0. The second kappa shape index (κ2) is 6.39. The number of aliphatic hydroxyl groups is 1. The van der Waals surface area contributed by atoms with Gasteiger partial charge in [-0.2, -0.15) is 0 Å². The molecule has 3 heteroatoms. The Kier molecular flexibility index (Phi) is 4.27. The Morgan fingerprint density at radius 2 is 1.91 bits per heavy atom. The van der Waals surface area contributed by atoms with Gasteiger partial charge in [-0.15, -0.1) is 0 Å². The molecule has 2 aliphatic rings. The topological polar surface area (TPSA) is 23.5 Å². The molecule has 1 N–H and O–H groups in total. The number of hydrogen-bond acceptors (Lipinski definition) is 2. The van der Waals surface area contributed by atoms with Gasteiger partial charge >= 0.3 is 0 Å². The van der Waals surface area contributed by atoms with Crippen LogP contribution in [0, 0.1) is 0 Å². The van der Waals surface area contributed by atoms with Gasteiger partial charge in [0.05, 0.1) is 12.6 Å². The number of nitrogens with zero attached hydrogens (tertiary/aromatic N) is 1. The van der Waals surface area contributed by atoms with Crippen molar-refractivity contribution in [1.29, 1.82) is 0 Å². The molecule has 1 unspecified atom stereocenters. The van der Waals surface area contributed by atoms with E-state index in [1.807, 2.05) is 6.07 Å². The maximum absolute atomic E-state index is 10.0. The second-order valence-electron chi connectivity index (χ2n) is 6.66. The lowest BCUT2D eigenvalue weighted by Gasteiger charge is -2.37. The molecule has 1 fully saturated rings. The summed E-state index contributed by atoms with van der Waals surface area (Å²) in [6.07, 6.45) is 3.51. The van der Waals surface area contributed by atoms with Gasteiger partial charge in [0.2, 0.25) is 0 Å². The number of aryl methyl sites for hydroxylation is 1. The standard InChI is InChI=1S/C20H22BrNO/c21-17-8-4-7-15-9-10-18-16(20(15)17)11-12-22(18)19(13-23)14-5-2-1-3-6-14/h1-8,16,18-19,23H,9-13H2/t16-,18-,19?/m1/s1. The fourth-order valence-corrected chi connectivity index (χ4v) is 5.26. The van der Waals surface area contributed by atoms with E-state index in [0.717, 1.165) is 13.0 Å². The zero-order valence-corrected chi connectivity index (χ0v) is 14.7. The number of halogens is 1. The van der Waals surface area contributed by atoms with Crippen molar-refractivity contribution in [2.75, 3.05) is 13.2 Å². The minimum absolute atomic E-state index is 0.121. The molecule has 0 saturated carbocycles. The molecular formula is C20H22BrNO. The number of aliphatic hydroxyl groups excluding tert-OH is 1. The van der Waals surface area contributed by atoms with Gasteiger partial charge in [-0.1, -0.05) is 58.4 Å². The predicted octanol–water partition coefficient (Wildman–Crippen LogP) is 4.29. The molecule has 1 heterocycles. The van der Waals surface area contributed by atoms with Crippen LogP contribution in [0.3, 0.4) is 0 Å². The second-order valence-corrected chi connectivity index (χ2v) is 7.52. The van der Waals surface area contributed by atoms with Gasteiger partial charge in [-0.3, -0.25) is 4.90 Å². The molecule has 0 bridgehead atoms. The molecule has 3 atom stereocenters. The Morgan fingerprint density at radius 1 is 1.09 bits per heavy atom. The van der Waals surface area contributed by atoms with Crippen LogP contribution in [0.5, 0.6) is 0 Å². The van der Waals surface area contributed by atoms with Gasteiger partial charge in [0, 0.05) is 16.4 Å². The van der Waals surface area contributed by atoms with Crippen molar-refractivity contribution in [3.63, 3.8) is 0 Å². The zero-order chi connectivity index (χ0) is 15.8. The van der Waals surface area contributed by atoms with Crippen LogP contribution >= 0.6 is 15.9 Å². The number of rotatable bonds is 3. The minimum atomic E-state index is 0.121. The van der Waals surface area contributed by atoms with Crippen molar-refractivity contribution in [3.05, 3.63) is 69.7 Å². The summed E-state index contributed by atoms with van der Waals surface area (Å²) >= 11 is 3.77. The van der Waals surface area contributed by atoms with Gasteiger partial charge in [-0.25, -0.2) is 0 Å². The number of likely N-dealkylation sites (tertiary alicyclic amines) is 1. The van der Waals surface area contributed by atoms with Crippen molar-refractivity contribution in [2.24, 2.45) is 0 Å². The van der Waals surface area contributed by atoms with Crippen LogP contribution < -0.4 is 0 Å². The van der Waals surface area contributed by atoms with E-state index >= 15 is 0 Å². The molecule has 0 amide bonds. The van der Waals surface area contributed by atoms with Crippen LogP contribution in [-0.4, -0.2) is 29.2 Å². The van der Waals surface area contributed by atoms with Crippen LogP contribution in [0.2, 0.25) is 0 Å². The molecule has 0 aromatic heterocycles. The van der Waals surface area contributed by atoms with Crippen LogP contribution in [-0.2, 0) is 6.42 Å². The van der Waals surface area contributed by atoms with Crippen molar-refractivity contribution in [1.82, 2.24) is 4.90 Å². The lowest BCUT2D eigenvalue weighted by molar-refractivity contribution is 0.102. The first-order valence-electron chi connectivity index (χ1n) is 8.48. The van der Waals surface area contributed by atoms with Crippen LogP contribution in [0.25, 0.3) is 0 Å². The van der Waals surface area contributed by atoms with Crippen LogP contribution in [0.4, 0.5) is 0 Å². The van der Waals surface area contributed by atoms with Gasteiger partial charge < -0.3 is 5.11 Å². The molecule has 4 rings (SSSR count). The molecular weight excluding hydrogens is 350 g/mol. The average molecular weight is 372 g/mol. The normalized spacial score (nSPS) is 25.0. The molecule has 0 radical (unpaired) electrons. The minimum Gasteiger partial charge on any atom is -0.394 e. The fourth-order valence-electron chi connectivity index (χ4n) is 4.56. The van der Waals surface area contributed by atoms with Crippen molar-refractivity contribution < 1.29 is 5.11 Å². The quantitative estimate of drug-likeness (QED) is 0.869. The van der Waals surface area contributed by atoms with Crippen LogP contribution in [0.15, 0.2) is 53.0 Å². The monoisotopic (exact) mass is 371 g/mol. The summed E-state index contributed by atoms with van der Waals surface area (Å²) in [4.78, 5) is 2.54. The zero-order valence-electron chi connectivity index (χ0n) is 13.2. The average Bonchev–Trinajstić information content (AvgIpc) is 3.01. The molecule has 2 aromatic carbocycles. The third-order valence-corrected chi connectivity index (χ3v) is 6.26. The molecule has 120 valence electrons. The van der Waals surface area contributed by atoms with Gasteiger partial charge in [0.15, 0.2) is 0 Å². The summed E-state index contributed by atoms with van der Waals surface area (Å²) in [5.41, 5.74) is 4.24. The highest BCUT2D eigenvalue weighted by Crippen LogP contribution is 2.46. The summed E-state index contributed by atoms with van der Waals surface area (Å²) in [5.74, 6) is 0.590. The first kappa shape index (κ1) is 15.4. The highest BCUT2D eigenvalue weighted by molar-refractivity contribution is 9.10. The third-order valence-electron chi connectivity index (χ3n) is 5.57. The van der Waals surface area contributed by atoms with E-state index in [1.165, 1.54) is 34.0 Å². The van der Waals surface area contributed by atoms with Crippen molar-refractivity contribution in [2.45, 2.75) is 37.3 Å². The number of fused-ring (bicyclic) bond motifs is 3. The summed E-state index contributed by atoms with van der Waals surface area (Å²) in [7, 11) is 0. The van der Waals surface area contributed by atoms with Gasteiger partial charge in [0.1, 0.15) is 0 Å². The fraction of sp³-hybridized carbons (Fsp3) is 0.400. The van der Waals surface area contributed by atoms with E-state index in [9.17, 15) is 5.11 Å². The Morgan fingerprint density at radius 3 is 2.70 bits per heavy atom. The molecule has 1 aliphatic heterocycles. The van der Waals surface area contributed by atoms with E-state index in [-0.39, 0.29) is 12.6 Å². The smallest absolute Gasteiger partial charge is 0.0628 e. The Labute approximate surface area is 146 Å². The van der Waals surface area contributed by atoms with E-state index < -0.39 is 0 Å². The summed E-state index contributed by atoms with van der Waals surface area (Å²) in [6, 6.07) is 17.7. The molecule has 23 heavy (non-hydrogen) atoms. The van der Waals surface area contributed by atoms with Gasteiger partial charge in [0.25, 0.3) is 0 Å². The van der Waals surface area contributed by atoms with Gasteiger partial charge in [-0.05, 0) is 48.6 Å². The largest absolute Gasteiger partial charge is 0.394 e. The highest BCUT2D eigenvalue weighted by atomic mass is 79.9. The maximum Gasteiger partial charge on any atom is 0.0628 e. The SMILES string of the molecule is OCC(c1ccccc1)N1CC[C@H]2c3c(Br)cccc3CC[C@H]21. The summed E-state index contributed by atoms with van der Waals surface area (Å²) in [5, 5.41) is 10.0. The molecule has 1 saturated heterocycles. The molecule has 1 aliphatic carbocycles. The number of benzene rings is 2. The highest BCUT2D eigenvalue weighted by Gasteiger charge is 2.42. The molecule has 2 nitrogen and oxygen atoms in total. The number of hydrogen-bond donors (Lipinski definition) is 1. The summed E-state index contributed by atoms with van der Waals surface area (Å²) in [6.45, 7) is 1.26. The van der Waals surface area contributed by atoms with Crippen molar-refractivity contribution >= 4 is 15.9 Å². The Balaban J connectivity index is 1.66. The molecule has 0 spiro atoms. The Bertz CT molecular complexity index is 687. The lowest BCUT2D eigenvalue weighted by atomic mass is 9.79. The third kappa shape index (κ3) is 2.65. The first-order chi connectivity index (χ1) is 11.3. The summed E-state index contributed by atoms with van der Waals surface area (Å²) < 4.78 is 1.26. The molecule has 2 aromatic rings. The van der Waals surface area contributed by atoms with E-state index in [1.54, 1.807) is 0 Å². The van der Waals surface area contributed by atoms with Crippen molar-refractivity contribution in [3.8, 4) is 0 Å². The van der Waals surface area contributed by atoms with E-state index in [2.05, 4.69) is 63.3 Å². The van der Waals surface area contributed by atoms with E-state index in [4.69, 9.17) is 0 Å². The first-order valence-corrected chi connectivity index (χ1v) is 9.27. The van der Waals surface area contributed by atoms with E-state index in [0.29, 0.717) is 12.0 Å². The predicted molar refractivity (Wildman–Crippen MR) is 96.6 cm³/mol. The lowest BCUT2D eigenvalue weighted by Crippen LogP contribution is -2.39.